The van der Waals surface area contributed by atoms with E-state index in [1.54, 1.807) is 14.0 Å². The highest BCUT2D eigenvalue weighted by Crippen LogP contribution is 2.49. The number of rotatable bonds is 6. The number of allylic oxidation sites excluding steroid dienone is 1. The molecule has 296 valence electrons. The topological polar surface area (TPSA) is 182 Å². The van der Waals surface area contributed by atoms with Gasteiger partial charge in [-0.25, -0.2) is 18.2 Å². The van der Waals surface area contributed by atoms with E-state index in [0.717, 1.165) is 48.6 Å². The minimum absolute atomic E-state index is 0.0596. The number of hydrogen-bond donors (Lipinski definition) is 3. The molecule has 3 saturated carbocycles. The Kier molecular flexibility index (Phi) is 9.53. The first-order valence-corrected chi connectivity index (χ1v) is 21.2. The van der Waals surface area contributed by atoms with Gasteiger partial charge < -0.3 is 29.7 Å². The molecule has 0 unspecified atom stereocenters. The van der Waals surface area contributed by atoms with Gasteiger partial charge in [-0.1, -0.05) is 25.0 Å². The van der Waals surface area contributed by atoms with Crippen LogP contribution in [0.3, 0.4) is 0 Å². The van der Waals surface area contributed by atoms with Crippen LogP contribution in [0, 0.1) is 12.8 Å². The Bertz CT molecular complexity index is 2060. The van der Waals surface area contributed by atoms with Gasteiger partial charge in [0.05, 0.1) is 29.6 Å². The maximum Gasteiger partial charge on any atom is 0.408 e. The number of sulfonamides is 1. The lowest BCUT2D eigenvalue weighted by Gasteiger charge is -2.36. The average molecular weight is 778 g/mol. The summed E-state index contributed by atoms with van der Waals surface area (Å²) in [4.78, 5) is 62.7. The highest BCUT2D eigenvalue weighted by Gasteiger charge is 2.64. The molecular weight excluding hydrogens is 727 g/mol. The number of ether oxygens (including phenoxy) is 3. The quantitative estimate of drug-likeness (QED) is 0.359. The van der Waals surface area contributed by atoms with Crippen LogP contribution in [0.4, 0.5) is 4.79 Å². The van der Waals surface area contributed by atoms with Gasteiger partial charge in [-0.05, 0) is 103 Å². The van der Waals surface area contributed by atoms with Gasteiger partial charge in [-0.2, -0.15) is 0 Å². The second-order valence-corrected chi connectivity index (χ2v) is 18.9. The van der Waals surface area contributed by atoms with Crippen LogP contribution in [0.15, 0.2) is 30.4 Å². The van der Waals surface area contributed by atoms with Crippen LogP contribution in [0.1, 0.15) is 102 Å². The van der Waals surface area contributed by atoms with Gasteiger partial charge >= 0.3 is 6.09 Å². The van der Waals surface area contributed by atoms with E-state index in [9.17, 15) is 27.6 Å². The maximum absolute atomic E-state index is 14.7. The van der Waals surface area contributed by atoms with E-state index in [4.69, 9.17) is 19.2 Å². The molecule has 1 aromatic heterocycles. The molecule has 6 aliphatic rings. The van der Waals surface area contributed by atoms with Gasteiger partial charge in [0.1, 0.15) is 40.8 Å². The summed E-state index contributed by atoms with van der Waals surface area (Å²) in [6, 6.07) is 3.68. The summed E-state index contributed by atoms with van der Waals surface area (Å²) in [5.74, 6) is -0.917. The first-order valence-electron chi connectivity index (χ1n) is 19.7. The number of alkyl carbamates (subject to hydrolysis) is 1. The largest absolute Gasteiger partial charge is 0.497 e. The average Bonchev–Trinajstić information content (AvgIpc) is 4.03. The predicted octanol–water partition coefficient (Wildman–Crippen LogP) is 4.26. The Labute approximate surface area is 321 Å². The van der Waals surface area contributed by atoms with Crippen molar-refractivity contribution in [1.29, 1.82) is 0 Å². The Morgan fingerprint density at radius 2 is 1.85 bits per heavy atom. The molecule has 0 bridgehead atoms. The highest BCUT2D eigenvalue weighted by molar-refractivity contribution is 7.91. The van der Waals surface area contributed by atoms with E-state index in [0.29, 0.717) is 62.1 Å². The molecule has 4 amide bonds. The van der Waals surface area contributed by atoms with Gasteiger partial charge in [0.2, 0.25) is 21.8 Å². The van der Waals surface area contributed by atoms with E-state index < -0.39 is 67.7 Å². The third-order valence-corrected chi connectivity index (χ3v) is 15.0. The number of nitrogens with zero attached hydrogens (tertiary/aromatic N) is 2. The molecule has 3 N–H and O–H groups in total. The number of fused-ring (bicyclic) bond motifs is 5. The molecule has 0 radical (unpaired) electrons. The molecule has 3 aliphatic heterocycles. The van der Waals surface area contributed by atoms with Crippen molar-refractivity contribution in [3.63, 3.8) is 0 Å². The van der Waals surface area contributed by atoms with Crippen LogP contribution in [-0.4, -0.2) is 89.8 Å². The highest BCUT2D eigenvalue weighted by atomic mass is 32.2. The number of aromatic nitrogens is 1. The van der Waals surface area contributed by atoms with Gasteiger partial charge in [0, 0.05) is 23.3 Å². The van der Waals surface area contributed by atoms with Crippen molar-refractivity contribution in [2.24, 2.45) is 5.92 Å². The first-order chi connectivity index (χ1) is 26.3. The van der Waals surface area contributed by atoms with Crippen molar-refractivity contribution < 1.29 is 41.8 Å². The second kappa shape index (κ2) is 14.0. The zero-order valence-electron chi connectivity index (χ0n) is 31.8. The number of methoxy groups -OCH3 is 1. The minimum atomic E-state index is -3.98. The van der Waals surface area contributed by atoms with E-state index in [2.05, 4.69) is 15.4 Å². The number of carbonyl (C=O) groups excluding carboxylic acids is 4. The number of hydrogen-bond acceptors (Lipinski definition) is 10. The maximum atomic E-state index is 14.7. The summed E-state index contributed by atoms with van der Waals surface area (Å²) in [5, 5.41) is 6.69. The van der Waals surface area contributed by atoms with E-state index >= 15 is 0 Å². The fourth-order valence-corrected chi connectivity index (χ4v) is 9.93. The predicted molar refractivity (Wildman–Crippen MR) is 202 cm³/mol. The molecule has 5 atom stereocenters. The fourth-order valence-electron chi connectivity index (χ4n) is 8.61. The third-order valence-electron chi connectivity index (χ3n) is 12.8. The number of benzene rings is 1. The van der Waals surface area contributed by atoms with Crippen LogP contribution in [0.25, 0.3) is 10.9 Å². The summed E-state index contributed by atoms with van der Waals surface area (Å²) in [6.45, 7) is 3.54. The molecule has 14 nitrogen and oxygen atoms in total. The smallest absolute Gasteiger partial charge is 0.408 e. The van der Waals surface area contributed by atoms with Crippen molar-refractivity contribution >= 4 is 44.7 Å². The van der Waals surface area contributed by atoms with Crippen LogP contribution in [0.2, 0.25) is 0 Å². The van der Waals surface area contributed by atoms with E-state index in [1.165, 1.54) is 4.90 Å². The third kappa shape index (κ3) is 7.01. The van der Waals surface area contributed by atoms with Crippen molar-refractivity contribution in [2.75, 3.05) is 13.7 Å². The zero-order chi connectivity index (χ0) is 38.8. The summed E-state index contributed by atoms with van der Waals surface area (Å²) in [6.07, 6.45) is 11.2. The zero-order valence-corrected chi connectivity index (χ0v) is 32.6. The number of nitrogens with one attached hydrogen (secondary N) is 3. The lowest BCUT2D eigenvalue weighted by Crippen LogP contribution is -2.58. The number of amides is 4. The molecule has 4 fully saturated rings. The second-order valence-electron chi connectivity index (χ2n) is 16.7. The molecule has 2 aromatic rings. The van der Waals surface area contributed by atoms with Crippen molar-refractivity contribution in [2.45, 2.75) is 138 Å². The van der Waals surface area contributed by atoms with Gasteiger partial charge in [0.25, 0.3) is 5.91 Å². The normalized spacial score (nSPS) is 30.9. The molecular formula is C40H51N5O9S. The van der Waals surface area contributed by atoms with Crippen molar-refractivity contribution in [3.05, 3.63) is 41.6 Å². The molecule has 15 heteroatoms. The summed E-state index contributed by atoms with van der Waals surface area (Å²) in [5.41, 5.74) is -0.0197. The van der Waals surface area contributed by atoms with Crippen LogP contribution < -0.4 is 24.8 Å². The Morgan fingerprint density at radius 3 is 2.58 bits per heavy atom. The van der Waals surface area contributed by atoms with Crippen LogP contribution in [-0.2, 0) is 35.6 Å². The molecule has 1 spiro atoms. The lowest BCUT2D eigenvalue weighted by atomic mass is 9.87. The van der Waals surface area contributed by atoms with Crippen molar-refractivity contribution in [3.8, 4) is 11.5 Å². The first kappa shape index (κ1) is 37.5. The van der Waals surface area contributed by atoms with Crippen LogP contribution >= 0.6 is 0 Å². The summed E-state index contributed by atoms with van der Waals surface area (Å²) in [7, 11) is -2.37. The number of carbonyl (C=O) groups is 4. The molecule has 4 heterocycles. The molecule has 1 saturated heterocycles. The van der Waals surface area contributed by atoms with Gasteiger partial charge in [-0.15, -0.1) is 0 Å². The van der Waals surface area contributed by atoms with Crippen LogP contribution in [0.5, 0.6) is 11.5 Å². The minimum Gasteiger partial charge on any atom is -0.497 e. The standard InChI is InChI=1S/C40H51N5O9S/c1-24-33-28(29-20-27(52-3)14-15-30(29)41-24)16-17-39(54-33)22-32-34(46)43-40(36(48)44-55(50,51)38(2)18-19-38)21-25(40)10-7-5-4-6-8-13-31(35(47)45(32)23-39)42-37(49)53-26-11-9-12-26/h7,10,14-15,20,25-26,31-32H,4-6,8-9,11-13,16-19,21-23H2,1-3H3,(H,42,49)(H,43,46)(H,44,48)/b10-7-/t25-,31+,32+,39-,40-/m1/s1. The van der Waals surface area contributed by atoms with E-state index in [1.807, 2.05) is 37.3 Å². The SMILES string of the molecule is COc1ccc2nc(C)c3c(c2c1)CC[C@]1(C[C@H]2C(=O)N[C@]4(C(=O)NS(=O)(=O)C5(C)CC5)C[C@H]4/C=C\CCCCC[C@H](NC(=O)OC4CCC4)C(=O)N2C1)O3. The van der Waals surface area contributed by atoms with Gasteiger partial charge in [0.15, 0.2) is 0 Å². The Morgan fingerprint density at radius 1 is 1.05 bits per heavy atom. The number of pyridine rings is 1. The monoisotopic (exact) mass is 777 g/mol. The fraction of sp³-hybridized carbons (Fsp3) is 0.625. The molecule has 55 heavy (non-hydrogen) atoms. The number of aryl methyl sites for hydroxylation is 2. The molecule has 3 aliphatic carbocycles. The summed E-state index contributed by atoms with van der Waals surface area (Å²) >= 11 is 0. The Hall–Kier alpha value is -4.40. The van der Waals surface area contributed by atoms with E-state index in [-0.39, 0.29) is 25.5 Å². The Balaban J connectivity index is 1.13. The van der Waals surface area contributed by atoms with Gasteiger partial charge in [-0.3, -0.25) is 19.1 Å². The molecule has 8 rings (SSSR count). The molecule has 1 aromatic carbocycles. The van der Waals surface area contributed by atoms with Crippen molar-refractivity contribution in [1.82, 2.24) is 25.2 Å². The lowest BCUT2D eigenvalue weighted by molar-refractivity contribution is -0.141. The summed E-state index contributed by atoms with van der Waals surface area (Å²) < 4.78 is 45.7.